The van der Waals surface area contributed by atoms with Crippen molar-refractivity contribution in [3.63, 3.8) is 0 Å². The summed E-state index contributed by atoms with van der Waals surface area (Å²) in [6, 6.07) is 13.0. The molecule has 0 saturated heterocycles. The Morgan fingerprint density at radius 3 is 2.21 bits per heavy atom. The molecule has 184 valence electrons. The predicted molar refractivity (Wildman–Crippen MR) is 135 cm³/mol. The average Bonchev–Trinajstić information content (AvgIpc) is 2.71. The van der Waals surface area contributed by atoms with Crippen LogP contribution in [-0.2, 0) is 14.3 Å². The molecule has 2 amide bonds. The molecule has 0 saturated carbocycles. The Labute approximate surface area is 205 Å². The van der Waals surface area contributed by atoms with Crippen LogP contribution in [-0.4, -0.2) is 39.6 Å². The summed E-state index contributed by atoms with van der Waals surface area (Å²) in [5, 5.41) is 2.90. The number of hydrogen-bond donors (Lipinski definition) is 1. The van der Waals surface area contributed by atoms with Crippen LogP contribution < -0.4 is 5.43 Å². The van der Waals surface area contributed by atoms with Crippen molar-refractivity contribution in [3.8, 4) is 0 Å². The molecular formula is C26H34N2O5S. The first-order chi connectivity index (χ1) is 15.8. The van der Waals surface area contributed by atoms with Crippen LogP contribution in [0.4, 0.5) is 9.59 Å². The van der Waals surface area contributed by atoms with Crippen molar-refractivity contribution in [2.75, 3.05) is 0 Å². The van der Waals surface area contributed by atoms with Gasteiger partial charge in [0.05, 0.1) is 6.04 Å². The third-order valence-corrected chi connectivity index (χ3v) is 5.28. The molecule has 34 heavy (non-hydrogen) atoms. The Morgan fingerprint density at radius 1 is 0.971 bits per heavy atom. The van der Waals surface area contributed by atoms with Gasteiger partial charge in [0, 0.05) is 4.90 Å². The van der Waals surface area contributed by atoms with Gasteiger partial charge in [0.1, 0.15) is 11.2 Å². The van der Waals surface area contributed by atoms with Crippen molar-refractivity contribution >= 4 is 39.8 Å². The smallest absolute Gasteiger partial charge is 0.429 e. The van der Waals surface area contributed by atoms with E-state index in [9.17, 15) is 14.4 Å². The lowest BCUT2D eigenvalue weighted by molar-refractivity contribution is -0.107. The van der Waals surface area contributed by atoms with Crippen LogP contribution in [0.3, 0.4) is 0 Å². The van der Waals surface area contributed by atoms with Crippen LogP contribution in [0.1, 0.15) is 54.9 Å². The summed E-state index contributed by atoms with van der Waals surface area (Å²) < 4.78 is 10.8. The van der Waals surface area contributed by atoms with Crippen molar-refractivity contribution in [2.45, 2.75) is 77.0 Å². The second-order valence-electron chi connectivity index (χ2n) is 9.70. The van der Waals surface area contributed by atoms with Gasteiger partial charge >= 0.3 is 12.2 Å². The Morgan fingerprint density at radius 2 is 1.59 bits per heavy atom. The lowest BCUT2D eigenvalue weighted by atomic mass is 10.1. The van der Waals surface area contributed by atoms with Gasteiger partial charge in [-0.3, -0.25) is 4.79 Å². The summed E-state index contributed by atoms with van der Waals surface area (Å²) in [6.07, 6.45) is 1.89. The maximum absolute atomic E-state index is 12.9. The van der Waals surface area contributed by atoms with Crippen LogP contribution in [0.5, 0.6) is 0 Å². The number of ether oxygens (including phenoxy) is 2. The molecule has 0 fully saturated rings. The van der Waals surface area contributed by atoms with Gasteiger partial charge in [0.2, 0.25) is 5.12 Å². The fourth-order valence-corrected chi connectivity index (χ4v) is 3.80. The first kappa shape index (κ1) is 27.2. The summed E-state index contributed by atoms with van der Waals surface area (Å²) >= 11 is 1.11. The Kier molecular flexibility index (Phi) is 9.15. The van der Waals surface area contributed by atoms with E-state index < -0.39 is 29.4 Å². The second kappa shape index (κ2) is 11.4. The molecule has 0 bridgehead atoms. The van der Waals surface area contributed by atoms with Crippen molar-refractivity contribution < 1.29 is 23.9 Å². The van der Waals surface area contributed by atoms with Crippen LogP contribution in [0.15, 0.2) is 59.5 Å². The molecule has 1 atom stereocenters. The quantitative estimate of drug-likeness (QED) is 0.296. The standard InChI is InChI=1S/C26H34N2O5S/c1-8-19(28(24(31)33-26(5,6)7)27-23(30)32-25(2,3)4)16-17-22(29)34-21-15-11-13-18-12-9-10-14-20(18)21/h9-17,19H,8H2,1-7H3,(H,27,30)/b17-16+/t19-/m0/s1. The van der Waals surface area contributed by atoms with E-state index in [1.165, 1.54) is 6.08 Å². The number of nitrogens with one attached hydrogen (secondary N) is 1. The summed E-state index contributed by atoms with van der Waals surface area (Å²) in [4.78, 5) is 38.8. The van der Waals surface area contributed by atoms with Gasteiger partial charge in [-0.15, -0.1) is 0 Å². The Balaban J connectivity index is 2.21. The van der Waals surface area contributed by atoms with Crippen LogP contribution in [0, 0.1) is 0 Å². The number of hydrazine groups is 1. The summed E-state index contributed by atoms with van der Waals surface area (Å²) in [6.45, 7) is 12.2. The zero-order valence-corrected chi connectivity index (χ0v) is 21.7. The van der Waals surface area contributed by atoms with Gasteiger partial charge in [-0.25, -0.2) is 20.0 Å². The average molecular weight is 487 g/mol. The van der Waals surface area contributed by atoms with Crippen molar-refractivity contribution in [3.05, 3.63) is 54.6 Å². The minimum absolute atomic E-state index is 0.198. The third-order valence-electron chi connectivity index (χ3n) is 4.37. The maximum atomic E-state index is 12.9. The third kappa shape index (κ3) is 8.74. The number of thioether (sulfide) groups is 1. The number of rotatable bonds is 5. The molecule has 0 unspecified atom stereocenters. The molecule has 0 aliphatic rings. The van der Waals surface area contributed by atoms with Crippen LogP contribution in [0.2, 0.25) is 0 Å². The lowest BCUT2D eigenvalue weighted by Crippen LogP contribution is -2.53. The first-order valence-electron chi connectivity index (χ1n) is 11.2. The number of fused-ring (bicyclic) bond motifs is 1. The first-order valence-corrected chi connectivity index (χ1v) is 12.0. The molecule has 0 aliphatic heterocycles. The second-order valence-corrected chi connectivity index (χ2v) is 10.7. The van der Waals surface area contributed by atoms with E-state index in [-0.39, 0.29) is 5.12 Å². The highest BCUT2D eigenvalue weighted by molar-refractivity contribution is 8.14. The summed E-state index contributed by atoms with van der Waals surface area (Å²) in [5.41, 5.74) is 0.958. The zero-order chi connectivity index (χ0) is 25.5. The van der Waals surface area contributed by atoms with Gasteiger partial charge in [-0.05, 0) is 82.6 Å². The van der Waals surface area contributed by atoms with Gasteiger partial charge in [-0.1, -0.05) is 49.4 Å². The number of nitrogens with zero attached hydrogens (tertiary/aromatic N) is 1. The molecule has 1 N–H and O–H groups in total. The predicted octanol–water partition coefficient (Wildman–Crippen LogP) is 6.47. The zero-order valence-electron chi connectivity index (χ0n) is 20.9. The highest BCUT2D eigenvalue weighted by Gasteiger charge is 2.30. The highest BCUT2D eigenvalue weighted by Crippen LogP contribution is 2.28. The van der Waals surface area contributed by atoms with E-state index in [4.69, 9.17) is 9.47 Å². The normalized spacial score (nSPS) is 12.9. The largest absolute Gasteiger partial charge is 0.443 e. The van der Waals surface area contributed by atoms with Crippen molar-refractivity contribution in [1.82, 2.24) is 10.4 Å². The fraction of sp³-hybridized carbons (Fsp3) is 0.423. The van der Waals surface area contributed by atoms with E-state index in [0.717, 1.165) is 32.4 Å². The molecular weight excluding hydrogens is 452 g/mol. The Hall–Kier alpha value is -3.00. The molecule has 2 aromatic rings. The maximum Gasteiger partial charge on any atom is 0.429 e. The van der Waals surface area contributed by atoms with E-state index in [1.807, 2.05) is 49.4 Å². The monoisotopic (exact) mass is 486 g/mol. The van der Waals surface area contributed by atoms with Gasteiger partial charge < -0.3 is 9.47 Å². The molecule has 0 aromatic heterocycles. The minimum atomic E-state index is -0.790. The molecule has 2 rings (SSSR count). The minimum Gasteiger partial charge on any atom is -0.443 e. The summed E-state index contributed by atoms with van der Waals surface area (Å²) in [5.74, 6) is 0. The van der Waals surface area contributed by atoms with E-state index in [2.05, 4.69) is 5.43 Å². The van der Waals surface area contributed by atoms with E-state index >= 15 is 0 Å². The fourth-order valence-electron chi connectivity index (χ4n) is 3.00. The number of carbonyl (C=O) groups excluding carboxylic acids is 3. The van der Waals surface area contributed by atoms with Crippen molar-refractivity contribution in [1.29, 1.82) is 0 Å². The van der Waals surface area contributed by atoms with Crippen LogP contribution in [0.25, 0.3) is 10.8 Å². The van der Waals surface area contributed by atoms with Gasteiger partial charge in [0.25, 0.3) is 0 Å². The lowest BCUT2D eigenvalue weighted by Gasteiger charge is -2.32. The molecule has 0 spiro atoms. The SMILES string of the molecule is CC[C@@H](/C=C/C(=O)Sc1cccc2ccccc12)N(NC(=O)OC(C)(C)C)C(=O)OC(C)(C)C. The van der Waals surface area contributed by atoms with Crippen molar-refractivity contribution in [2.24, 2.45) is 0 Å². The molecule has 2 aromatic carbocycles. The number of amides is 2. The van der Waals surface area contributed by atoms with Crippen LogP contribution >= 0.6 is 11.8 Å². The summed E-state index contributed by atoms with van der Waals surface area (Å²) in [7, 11) is 0. The van der Waals surface area contributed by atoms with Gasteiger partial charge in [-0.2, -0.15) is 0 Å². The number of hydrogen-bond acceptors (Lipinski definition) is 6. The Bertz CT molecular complexity index is 1050. The molecule has 0 aliphatic carbocycles. The number of benzene rings is 2. The molecule has 0 heterocycles. The molecule has 0 radical (unpaired) electrons. The van der Waals surface area contributed by atoms with Gasteiger partial charge in [0.15, 0.2) is 0 Å². The van der Waals surface area contributed by atoms with E-state index in [1.54, 1.807) is 47.6 Å². The molecule has 7 nitrogen and oxygen atoms in total. The van der Waals surface area contributed by atoms with E-state index in [0.29, 0.717) is 6.42 Å². The topological polar surface area (TPSA) is 84.9 Å². The molecule has 8 heteroatoms. The number of carbonyl (C=O) groups is 3. The highest BCUT2D eigenvalue weighted by atomic mass is 32.2.